The highest BCUT2D eigenvalue weighted by molar-refractivity contribution is 7.94. The van der Waals surface area contributed by atoms with Crippen LogP contribution in [-0.2, 0) is 21.4 Å². The number of piperidine rings is 1. The van der Waals surface area contributed by atoms with Gasteiger partial charge in [0, 0.05) is 24.9 Å². The third-order valence-corrected chi connectivity index (χ3v) is 7.20. The van der Waals surface area contributed by atoms with Crippen molar-refractivity contribution in [2.24, 2.45) is 0 Å². The zero-order valence-corrected chi connectivity index (χ0v) is 16.3. The predicted octanol–water partition coefficient (Wildman–Crippen LogP) is 3.18. The minimum absolute atomic E-state index is 0.142. The predicted molar refractivity (Wildman–Crippen MR) is 105 cm³/mol. The summed E-state index contributed by atoms with van der Waals surface area (Å²) in [5.74, 6) is -0.142. The summed E-state index contributed by atoms with van der Waals surface area (Å²) in [6.07, 6.45) is 3.47. The zero-order valence-electron chi connectivity index (χ0n) is 14.7. The van der Waals surface area contributed by atoms with Crippen LogP contribution in [-0.4, -0.2) is 27.4 Å². The Kier molecular flexibility index (Phi) is 5.83. The van der Waals surface area contributed by atoms with E-state index >= 15 is 0 Å². The second kappa shape index (κ2) is 8.09. The molecular formula is C18H23N3O3S2. The first-order valence-electron chi connectivity index (χ1n) is 8.66. The lowest BCUT2D eigenvalue weighted by atomic mass is 10.1. The molecular weight excluding hydrogens is 370 g/mol. The fourth-order valence-electron chi connectivity index (χ4n) is 2.97. The smallest absolute Gasteiger partial charge is 0.271 e. The van der Waals surface area contributed by atoms with E-state index in [0.717, 1.165) is 47.8 Å². The van der Waals surface area contributed by atoms with Crippen LogP contribution in [0.2, 0.25) is 0 Å². The van der Waals surface area contributed by atoms with Crippen molar-refractivity contribution < 1.29 is 13.2 Å². The second-order valence-corrected chi connectivity index (χ2v) is 9.38. The van der Waals surface area contributed by atoms with Crippen molar-refractivity contribution in [2.75, 3.05) is 22.7 Å². The maximum absolute atomic E-state index is 12.8. The van der Waals surface area contributed by atoms with Crippen LogP contribution in [0.15, 0.2) is 40.6 Å². The van der Waals surface area contributed by atoms with Gasteiger partial charge in [-0.1, -0.05) is 12.1 Å². The Bertz CT molecular complexity index is 871. The van der Waals surface area contributed by atoms with Crippen molar-refractivity contribution in [1.29, 1.82) is 0 Å². The first-order chi connectivity index (χ1) is 12.5. The number of carbonyl (C=O) groups is 1. The van der Waals surface area contributed by atoms with Gasteiger partial charge in [-0.3, -0.25) is 9.52 Å². The third-order valence-electron chi connectivity index (χ3n) is 4.26. The molecule has 0 saturated carbocycles. The van der Waals surface area contributed by atoms with Gasteiger partial charge in [0.1, 0.15) is 4.21 Å². The number of anilines is 2. The van der Waals surface area contributed by atoms with E-state index in [4.69, 9.17) is 0 Å². The van der Waals surface area contributed by atoms with E-state index in [1.807, 2.05) is 18.2 Å². The number of nitrogens with zero attached hydrogens (tertiary/aromatic N) is 1. The van der Waals surface area contributed by atoms with E-state index in [1.54, 1.807) is 18.2 Å². The average molecular weight is 394 g/mol. The summed E-state index contributed by atoms with van der Waals surface area (Å²) in [6, 6.07) is 10.8. The van der Waals surface area contributed by atoms with E-state index in [0.29, 0.717) is 12.2 Å². The van der Waals surface area contributed by atoms with Gasteiger partial charge in [-0.15, -0.1) is 11.3 Å². The molecule has 1 fully saturated rings. The molecule has 140 valence electrons. The Morgan fingerprint density at radius 2 is 1.85 bits per heavy atom. The van der Waals surface area contributed by atoms with Crippen molar-refractivity contribution in [3.8, 4) is 0 Å². The molecule has 1 aliphatic heterocycles. The van der Waals surface area contributed by atoms with Gasteiger partial charge in [-0.05, 0) is 43.5 Å². The molecule has 0 bridgehead atoms. The minimum atomic E-state index is -3.66. The summed E-state index contributed by atoms with van der Waals surface area (Å²) in [7, 11) is -3.66. The second-order valence-electron chi connectivity index (χ2n) is 6.30. The molecule has 6 nitrogen and oxygen atoms in total. The molecule has 1 aromatic heterocycles. The third kappa shape index (κ3) is 4.56. The number of sulfonamides is 1. The van der Waals surface area contributed by atoms with Crippen LogP contribution < -0.4 is 14.9 Å². The van der Waals surface area contributed by atoms with E-state index in [9.17, 15) is 13.2 Å². The molecule has 1 saturated heterocycles. The van der Waals surface area contributed by atoms with Crippen LogP contribution >= 0.6 is 11.3 Å². The number of carbonyl (C=O) groups excluding carboxylic acids is 1. The van der Waals surface area contributed by atoms with Gasteiger partial charge >= 0.3 is 0 Å². The highest BCUT2D eigenvalue weighted by atomic mass is 32.2. The maximum atomic E-state index is 12.8. The van der Waals surface area contributed by atoms with Gasteiger partial charge in [-0.2, -0.15) is 0 Å². The van der Waals surface area contributed by atoms with Crippen LogP contribution in [0.25, 0.3) is 0 Å². The highest BCUT2D eigenvalue weighted by Crippen LogP contribution is 2.31. The monoisotopic (exact) mass is 393 g/mol. The molecule has 0 atom stereocenters. The lowest BCUT2D eigenvalue weighted by Gasteiger charge is -2.30. The van der Waals surface area contributed by atoms with Gasteiger partial charge in [0.15, 0.2) is 0 Å². The summed E-state index contributed by atoms with van der Waals surface area (Å²) in [6.45, 7) is 3.65. The van der Waals surface area contributed by atoms with Crippen LogP contribution in [0.3, 0.4) is 0 Å². The Labute approximate surface area is 158 Å². The molecule has 0 radical (unpaired) electrons. The molecule has 8 heteroatoms. The molecule has 2 aromatic rings. The molecule has 3 rings (SSSR count). The molecule has 1 aliphatic rings. The van der Waals surface area contributed by atoms with Crippen molar-refractivity contribution in [3.05, 3.63) is 41.3 Å². The summed E-state index contributed by atoms with van der Waals surface area (Å²) >= 11 is 1.16. The lowest BCUT2D eigenvalue weighted by molar-refractivity contribution is -0.119. The van der Waals surface area contributed by atoms with E-state index in [1.165, 1.54) is 13.3 Å². The summed E-state index contributed by atoms with van der Waals surface area (Å²) in [5.41, 5.74) is 1.53. The molecule has 2 N–H and O–H groups in total. The van der Waals surface area contributed by atoms with Crippen molar-refractivity contribution in [3.63, 3.8) is 0 Å². The van der Waals surface area contributed by atoms with E-state index in [2.05, 4.69) is 14.9 Å². The van der Waals surface area contributed by atoms with Gasteiger partial charge in [0.25, 0.3) is 10.0 Å². The van der Waals surface area contributed by atoms with Gasteiger partial charge < -0.3 is 10.2 Å². The van der Waals surface area contributed by atoms with Gasteiger partial charge in [0.05, 0.1) is 17.9 Å². The Hall–Kier alpha value is -2.06. The normalized spacial score (nSPS) is 14.9. The van der Waals surface area contributed by atoms with Crippen LogP contribution in [0.5, 0.6) is 0 Å². The topological polar surface area (TPSA) is 78.5 Å². The summed E-state index contributed by atoms with van der Waals surface area (Å²) in [4.78, 5) is 14.0. The van der Waals surface area contributed by atoms with Crippen molar-refractivity contribution in [2.45, 2.75) is 36.9 Å². The number of nitrogens with one attached hydrogen (secondary N) is 2. The van der Waals surface area contributed by atoms with E-state index < -0.39 is 10.0 Å². The fraction of sp³-hybridized carbons (Fsp3) is 0.389. The van der Waals surface area contributed by atoms with Crippen LogP contribution in [0, 0.1) is 0 Å². The molecule has 0 unspecified atom stereocenters. The minimum Gasteiger partial charge on any atom is -0.370 e. The quantitative estimate of drug-likeness (QED) is 0.790. The Morgan fingerprint density at radius 1 is 1.12 bits per heavy atom. The Balaban J connectivity index is 1.78. The molecule has 0 spiro atoms. The number of benzene rings is 1. The van der Waals surface area contributed by atoms with E-state index in [-0.39, 0.29) is 10.1 Å². The number of thiophene rings is 1. The van der Waals surface area contributed by atoms with Crippen LogP contribution in [0.1, 0.15) is 31.1 Å². The highest BCUT2D eigenvalue weighted by Gasteiger charge is 2.21. The van der Waals surface area contributed by atoms with Crippen molar-refractivity contribution >= 4 is 38.6 Å². The molecule has 2 heterocycles. The average Bonchev–Trinajstić information content (AvgIpc) is 3.11. The van der Waals surface area contributed by atoms with Gasteiger partial charge in [0.2, 0.25) is 5.91 Å². The fourth-order valence-corrected chi connectivity index (χ4v) is 5.34. The summed E-state index contributed by atoms with van der Waals surface area (Å²) < 4.78 is 28.5. The first kappa shape index (κ1) is 18.7. The number of hydrogen-bond acceptors (Lipinski definition) is 5. The molecule has 1 aromatic carbocycles. The number of hydrogen-bond donors (Lipinski definition) is 2. The SMILES string of the molecule is CC(=O)NCc1ccc(S(=O)(=O)Nc2ccccc2N2CCCCC2)s1. The summed E-state index contributed by atoms with van der Waals surface area (Å²) in [5, 5.41) is 2.68. The lowest BCUT2D eigenvalue weighted by Crippen LogP contribution is -2.30. The number of amides is 1. The number of rotatable bonds is 6. The standard InChI is InChI=1S/C18H23N3O3S2/c1-14(22)19-13-15-9-10-18(25-15)26(23,24)20-16-7-3-4-8-17(16)21-11-5-2-6-12-21/h3-4,7-10,20H,2,5-6,11-13H2,1H3,(H,19,22). The first-order valence-corrected chi connectivity index (χ1v) is 11.0. The Morgan fingerprint density at radius 3 is 2.58 bits per heavy atom. The number of para-hydroxylation sites is 2. The maximum Gasteiger partial charge on any atom is 0.271 e. The molecule has 1 amide bonds. The molecule has 26 heavy (non-hydrogen) atoms. The van der Waals surface area contributed by atoms with Crippen LogP contribution in [0.4, 0.5) is 11.4 Å². The molecule has 0 aliphatic carbocycles. The largest absolute Gasteiger partial charge is 0.370 e. The zero-order chi connectivity index (χ0) is 18.6. The van der Waals surface area contributed by atoms with Gasteiger partial charge in [-0.25, -0.2) is 8.42 Å². The van der Waals surface area contributed by atoms with Crippen molar-refractivity contribution in [1.82, 2.24) is 5.32 Å².